The molecule has 17 heavy (non-hydrogen) atoms. The van der Waals surface area contributed by atoms with E-state index in [9.17, 15) is 10.2 Å². The summed E-state index contributed by atoms with van der Waals surface area (Å²) < 4.78 is 5.45. The van der Waals surface area contributed by atoms with Crippen molar-refractivity contribution in [3.63, 3.8) is 0 Å². The zero-order chi connectivity index (χ0) is 12.6. The number of phenolic OH excluding ortho intramolecular Hbond substituents is 1. The van der Waals surface area contributed by atoms with Gasteiger partial charge in [0.15, 0.2) is 0 Å². The Morgan fingerprint density at radius 2 is 1.88 bits per heavy atom. The molecule has 0 radical (unpaired) electrons. The molecule has 1 heterocycles. The molecule has 0 aliphatic heterocycles. The molecule has 2 rings (SSSR count). The minimum absolute atomic E-state index is 0.0167. The summed E-state index contributed by atoms with van der Waals surface area (Å²) in [5.41, 5.74) is 1.19. The standard InChI is InChI=1S/C13H15NO3/c1-7(2)17-12-6-11(16)9-4-5-10(15)8(3)13(9)14-12/h4-7,15H,1-3H3,(H,14,16). The number of rotatable bonds is 2. The van der Waals surface area contributed by atoms with Crippen LogP contribution in [-0.2, 0) is 0 Å². The van der Waals surface area contributed by atoms with E-state index >= 15 is 0 Å². The molecule has 0 saturated carbocycles. The zero-order valence-electron chi connectivity index (χ0n) is 10.1. The molecule has 4 nitrogen and oxygen atoms in total. The van der Waals surface area contributed by atoms with Crippen LogP contribution in [0.3, 0.4) is 0 Å². The normalized spacial score (nSPS) is 11.1. The molecule has 2 N–H and O–H groups in total. The van der Waals surface area contributed by atoms with Gasteiger partial charge in [0.25, 0.3) is 0 Å². The van der Waals surface area contributed by atoms with Crippen LogP contribution in [0.2, 0.25) is 0 Å². The third kappa shape index (κ3) is 2.11. The van der Waals surface area contributed by atoms with E-state index < -0.39 is 0 Å². The van der Waals surface area contributed by atoms with Crippen LogP contribution in [0.5, 0.6) is 17.4 Å². The molecule has 0 unspecified atom stereocenters. The Balaban J connectivity index is 2.66. The van der Waals surface area contributed by atoms with Gasteiger partial charge >= 0.3 is 0 Å². The lowest BCUT2D eigenvalue weighted by Crippen LogP contribution is -2.07. The number of aryl methyl sites for hydroxylation is 1. The van der Waals surface area contributed by atoms with E-state index in [-0.39, 0.29) is 17.6 Å². The van der Waals surface area contributed by atoms with Gasteiger partial charge < -0.3 is 14.9 Å². The second-order valence-electron chi connectivity index (χ2n) is 4.25. The average molecular weight is 233 g/mol. The van der Waals surface area contributed by atoms with Gasteiger partial charge in [0, 0.05) is 17.0 Å². The minimum Gasteiger partial charge on any atom is -0.508 e. The lowest BCUT2D eigenvalue weighted by molar-refractivity contribution is 0.232. The second-order valence-corrected chi connectivity index (χ2v) is 4.25. The number of hydrogen-bond donors (Lipinski definition) is 2. The summed E-state index contributed by atoms with van der Waals surface area (Å²) in [4.78, 5) is 4.29. The highest BCUT2D eigenvalue weighted by molar-refractivity contribution is 5.89. The summed E-state index contributed by atoms with van der Waals surface area (Å²) in [6.07, 6.45) is -0.0167. The van der Waals surface area contributed by atoms with E-state index in [1.54, 1.807) is 19.1 Å². The topological polar surface area (TPSA) is 62.6 Å². The van der Waals surface area contributed by atoms with Crippen LogP contribution in [0.25, 0.3) is 10.9 Å². The molecule has 2 aromatic rings. The maximum atomic E-state index is 9.88. The van der Waals surface area contributed by atoms with E-state index in [0.717, 1.165) is 0 Å². The SMILES string of the molecule is Cc1c(O)ccc2c(O)cc(OC(C)C)nc12. The van der Waals surface area contributed by atoms with E-state index in [1.165, 1.54) is 6.07 Å². The van der Waals surface area contributed by atoms with Crippen molar-refractivity contribution >= 4 is 10.9 Å². The third-order valence-corrected chi connectivity index (χ3v) is 2.52. The first-order valence-electron chi connectivity index (χ1n) is 5.48. The van der Waals surface area contributed by atoms with E-state index in [4.69, 9.17) is 4.74 Å². The summed E-state index contributed by atoms with van der Waals surface area (Å²) in [5, 5.41) is 20.1. The Hall–Kier alpha value is -1.97. The van der Waals surface area contributed by atoms with Gasteiger partial charge in [-0.3, -0.25) is 0 Å². The minimum atomic E-state index is -0.0167. The summed E-state index contributed by atoms with van der Waals surface area (Å²) in [7, 11) is 0. The highest BCUT2D eigenvalue weighted by atomic mass is 16.5. The molecule has 90 valence electrons. The number of benzene rings is 1. The molecule has 0 bridgehead atoms. The van der Waals surface area contributed by atoms with Gasteiger partial charge in [-0.05, 0) is 32.9 Å². The molecular formula is C13H15NO3. The van der Waals surface area contributed by atoms with Gasteiger partial charge in [0.2, 0.25) is 5.88 Å². The Morgan fingerprint density at radius 3 is 2.53 bits per heavy atom. The van der Waals surface area contributed by atoms with Crippen molar-refractivity contribution in [2.75, 3.05) is 0 Å². The Bertz CT molecular complexity index is 564. The molecule has 4 heteroatoms. The zero-order valence-corrected chi connectivity index (χ0v) is 10.1. The third-order valence-electron chi connectivity index (χ3n) is 2.52. The fourth-order valence-corrected chi connectivity index (χ4v) is 1.68. The van der Waals surface area contributed by atoms with E-state index in [1.807, 2.05) is 13.8 Å². The number of aromatic nitrogens is 1. The monoisotopic (exact) mass is 233 g/mol. The molecule has 0 atom stereocenters. The summed E-state index contributed by atoms with van der Waals surface area (Å²) >= 11 is 0. The molecule has 1 aromatic carbocycles. The quantitative estimate of drug-likeness (QED) is 0.837. The summed E-state index contributed by atoms with van der Waals surface area (Å²) in [6, 6.07) is 4.67. The van der Waals surface area contributed by atoms with Crippen LogP contribution in [0, 0.1) is 6.92 Å². The van der Waals surface area contributed by atoms with Crippen LogP contribution in [0.4, 0.5) is 0 Å². The van der Waals surface area contributed by atoms with Gasteiger partial charge in [-0.1, -0.05) is 0 Å². The van der Waals surface area contributed by atoms with Gasteiger partial charge in [-0.25, -0.2) is 4.98 Å². The highest BCUT2D eigenvalue weighted by Gasteiger charge is 2.11. The maximum absolute atomic E-state index is 9.88. The highest BCUT2D eigenvalue weighted by Crippen LogP contribution is 2.33. The largest absolute Gasteiger partial charge is 0.508 e. The molecule has 0 aliphatic rings. The molecular weight excluding hydrogens is 218 g/mol. The predicted molar refractivity (Wildman–Crippen MR) is 65.6 cm³/mol. The second kappa shape index (κ2) is 4.13. The summed E-state index contributed by atoms with van der Waals surface area (Å²) in [6.45, 7) is 5.53. The van der Waals surface area contributed by atoms with Gasteiger partial charge in [0.05, 0.1) is 11.6 Å². The number of fused-ring (bicyclic) bond motifs is 1. The van der Waals surface area contributed by atoms with Crippen molar-refractivity contribution in [2.45, 2.75) is 26.9 Å². The predicted octanol–water partition coefficient (Wildman–Crippen LogP) is 2.74. The van der Waals surface area contributed by atoms with Crippen LogP contribution in [0.1, 0.15) is 19.4 Å². The molecule has 0 spiro atoms. The number of phenols is 1. The van der Waals surface area contributed by atoms with Crippen molar-refractivity contribution < 1.29 is 14.9 Å². The Labute approximate surface area is 99.5 Å². The number of hydrogen-bond acceptors (Lipinski definition) is 4. The maximum Gasteiger partial charge on any atom is 0.217 e. The first kappa shape index (κ1) is 11.5. The summed E-state index contributed by atoms with van der Waals surface area (Å²) in [5.74, 6) is 0.624. The van der Waals surface area contributed by atoms with Crippen molar-refractivity contribution in [3.05, 3.63) is 23.8 Å². The number of pyridine rings is 1. The first-order chi connectivity index (χ1) is 7.99. The Kier molecular flexibility index (Phi) is 2.79. The average Bonchev–Trinajstić information content (AvgIpc) is 2.23. The Morgan fingerprint density at radius 1 is 1.18 bits per heavy atom. The molecule has 1 aromatic heterocycles. The lowest BCUT2D eigenvalue weighted by atomic mass is 10.1. The van der Waals surface area contributed by atoms with Gasteiger partial charge in [-0.15, -0.1) is 0 Å². The van der Waals surface area contributed by atoms with Crippen molar-refractivity contribution in [2.24, 2.45) is 0 Å². The lowest BCUT2D eigenvalue weighted by Gasteiger charge is -2.11. The van der Waals surface area contributed by atoms with Crippen molar-refractivity contribution in [1.29, 1.82) is 0 Å². The van der Waals surface area contributed by atoms with Crippen molar-refractivity contribution in [3.8, 4) is 17.4 Å². The van der Waals surface area contributed by atoms with Crippen LogP contribution < -0.4 is 4.74 Å². The fraction of sp³-hybridized carbons (Fsp3) is 0.308. The van der Waals surface area contributed by atoms with Crippen molar-refractivity contribution in [1.82, 2.24) is 4.98 Å². The van der Waals surface area contributed by atoms with E-state index in [2.05, 4.69) is 4.98 Å². The number of aromatic hydroxyl groups is 2. The van der Waals surface area contributed by atoms with Crippen LogP contribution >= 0.6 is 0 Å². The van der Waals surface area contributed by atoms with Gasteiger partial charge in [0.1, 0.15) is 11.5 Å². The van der Waals surface area contributed by atoms with E-state index in [0.29, 0.717) is 22.3 Å². The van der Waals surface area contributed by atoms with Crippen LogP contribution in [0.15, 0.2) is 18.2 Å². The molecule has 0 fully saturated rings. The van der Waals surface area contributed by atoms with Crippen LogP contribution in [-0.4, -0.2) is 21.3 Å². The number of nitrogens with zero attached hydrogens (tertiary/aromatic N) is 1. The molecule has 0 saturated heterocycles. The first-order valence-corrected chi connectivity index (χ1v) is 5.48. The van der Waals surface area contributed by atoms with Gasteiger partial charge in [-0.2, -0.15) is 0 Å². The molecule has 0 amide bonds. The fourth-order valence-electron chi connectivity index (χ4n) is 1.68. The molecule has 0 aliphatic carbocycles. The smallest absolute Gasteiger partial charge is 0.217 e. The number of ether oxygens (including phenoxy) is 1.